The Kier molecular flexibility index (Phi) is 10.6. The van der Waals surface area contributed by atoms with Gasteiger partial charge in [-0.2, -0.15) is 0 Å². The number of nitrogens with zero attached hydrogens (tertiary/aromatic N) is 3. The third-order valence-corrected chi connectivity index (χ3v) is 8.68. The molecule has 1 unspecified atom stereocenters. The average molecular weight is 598 g/mol. The predicted octanol–water partition coefficient (Wildman–Crippen LogP) is 4.98. The molecule has 3 aromatic rings. The molecule has 0 aromatic heterocycles. The molecule has 2 saturated heterocycles. The third-order valence-electron chi connectivity index (χ3n) is 8.68. The summed E-state index contributed by atoms with van der Waals surface area (Å²) in [7, 11) is 1.83. The van der Waals surface area contributed by atoms with Crippen LogP contribution in [0.2, 0.25) is 0 Å². The van der Waals surface area contributed by atoms with Gasteiger partial charge in [-0.1, -0.05) is 67.1 Å². The third kappa shape index (κ3) is 8.24. The van der Waals surface area contributed by atoms with Crippen LogP contribution in [0.25, 0.3) is 11.1 Å². The summed E-state index contributed by atoms with van der Waals surface area (Å²) >= 11 is 0. The minimum absolute atomic E-state index is 0.0183. The van der Waals surface area contributed by atoms with Gasteiger partial charge in [0.2, 0.25) is 5.91 Å². The molecule has 9 nitrogen and oxygen atoms in total. The first-order valence-electron chi connectivity index (χ1n) is 15.6. The molecule has 3 aromatic carbocycles. The number of likely N-dealkylation sites (N-methyl/N-ethyl adjacent to an activating group) is 1. The minimum atomic E-state index is -0.438. The normalized spacial score (nSPS) is 18.0. The number of hydrogen-bond donors (Lipinski definition) is 2. The quantitative estimate of drug-likeness (QED) is 0.341. The summed E-state index contributed by atoms with van der Waals surface area (Å²) in [5.41, 5.74) is 10.0. The zero-order valence-corrected chi connectivity index (χ0v) is 25.5. The lowest BCUT2D eigenvalue weighted by molar-refractivity contribution is -0.124. The number of nitrogens with one attached hydrogen (secondary N) is 1. The van der Waals surface area contributed by atoms with Crippen molar-refractivity contribution in [2.45, 2.75) is 50.8 Å². The fourth-order valence-corrected chi connectivity index (χ4v) is 6.11. The van der Waals surface area contributed by atoms with E-state index in [2.05, 4.69) is 15.1 Å². The number of nitrogens with two attached hydrogens (primary N) is 1. The van der Waals surface area contributed by atoms with Gasteiger partial charge >= 0.3 is 6.09 Å². The molecular formula is C35H43N5O4. The van der Waals surface area contributed by atoms with Crippen molar-refractivity contribution in [3.8, 4) is 11.1 Å². The molecule has 2 fully saturated rings. The summed E-state index contributed by atoms with van der Waals surface area (Å²) in [4.78, 5) is 43.8. The summed E-state index contributed by atoms with van der Waals surface area (Å²) in [6.45, 7) is 4.48. The molecule has 2 aliphatic heterocycles. The van der Waals surface area contributed by atoms with Crippen LogP contribution in [0.1, 0.15) is 48.0 Å². The Labute approximate surface area is 260 Å². The van der Waals surface area contributed by atoms with Crippen molar-refractivity contribution in [3.05, 3.63) is 90.0 Å². The number of hydrogen-bond acceptors (Lipinski definition) is 6. The van der Waals surface area contributed by atoms with Crippen molar-refractivity contribution in [2.75, 3.05) is 45.1 Å². The highest BCUT2D eigenvalue weighted by Crippen LogP contribution is 2.28. The van der Waals surface area contributed by atoms with Crippen LogP contribution in [0.5, 0.6) is 0 Å². The first-order chi connectivity index (χ1) is 21.4. The maximum absolute atomic E-state index is 13.1. The van der Waals surface area contributed by atoms with Crippen molar-refractivity contribution in [1.29, 1.82) is 0 Å². The van der Waals surface area contributed by atoms with E-state index in [4.69, 9.17) is 10.5 Å². The molecule has 1 atom stereocenters. The molecule has 5 rings (SSSR count). The number of carbonyl (C=O) groups is 3. The van der Waals surface area contributed by atoms with E-state index in [1.54, 1.807) is 4.90 Å². The second-order valence-corrected chi connectivity index (χ2v) is 11.8. The van der Waals surface area contributed by atoms with Crippen molar-refractivity contribution >= 4 is 23.6 Å². The topological polar surface area (TPSA) is 108 Å². The lowest BCUT2D eigenvalue weighted by atomic mass is 10.0. The maximum Gasteiger partial charge on any atom is 0.411 e. The van der Waals surface area contributed by atoms with Crippen molar-refractivity contribution in [2.24, 2.45) is 5.73 Å². The van der Waals surface area contributed by atoms with Crippen LogP contribution in [0, 0.1) is 0 Å². The lowest BCUT2D eigenvalue weighted by Gasteiger charge is -2.33. The largest absolute Gasteiger partial charge is 0.446 e. The molecule has 0 bridgehead atoms. The number of amides is 3. The number of para-hydroxylation sites is 1. The smallest absolute Gasteiger partial charge is 0.411 e. The van der Waals surface area contributed by atoms with Gasteiger partial charge in [-0.05, 0) is 61.6 Å². The second kappa shape index (κ2) is 15.0. The second-order valence-electron chi connectivity index (χ2n) is 11.8. The summed E-state index contributed by atoms with van der Waals surface area (Å²) in [6.07, 6.45) is 3.82. The van der Waals surface area contributed by atoms with E-state index < -0.39 is 6.09 Å². The first kappa shape index (κ1) is 31.2. The zero-order valence-electron chi connectivity index (χ0n) is 25.5. The maximum atomic E-state index is 13.1. The standard InChI is InChI=1S/C35H43N5O4/c1-38(34(42)28-16-14-26(15-17-28)25-40-20-8-7-13-32(40)33(36)41)23-24-39-21-18-29(19-22-39)44-35(43)37-31-12-6-5-11-30(31)27-9-3-2-4-10-27/h2-6,9-12,14-17,29,32H,7-8,13,18-25H2,1H3,(H2,36,41)(H,37,43). The van der Waals surface area contributed by atoms with Crippen LogP contribution in [0.15, 0.2) is 78.9 Å². The summed E-state index contributed by atoms with van der Waals surface area (Å²) in [5, 5.41) is 2.93. The van der Waals surface area contributed by atoms with E-state index in [0.717, 1.165) is 80.7 Å². The highest BCUT2D eigenvalue weighted by atomic mass is 16.6. The van der Waals surface area contributed by atoms with Gasteiger partial charge in [0.1, 0.15) is 6.10 Å². The van der Waals surface area contributed by atoms with Crippen molar-refractivity contribution < 1.29 is 19.1 Å². The Hall–Kier alpha value is -4.21. The molecule has 44 heavy (non-hydrogen) atoms. The number of carbonyl (C=O) groups excluding carboxylic acids is 3. The van der Waals surface area contributed by atoms with Crippen LogP contribution < -0.4 is 11.1 Å². The van der Waals surface area contributed by atoms with E-state index in [9.17, 15) is 14.4 Å². The highest BCUT2D eigenvalue weighted by molar-refractivity contribution is 5.94. The van der Waals surface area contributed by atoms with Crippen LogP contribution >= 0.6 is 0 Å². The van der Waals surface area contributed by atoms with Gasteiger partial charge in [0.05, 0.1) is 11.7 Å². The molecule has 0 aliphatic carbocycles. The van der Waals surface area contributed by atoms with Crippen LogP contribution in [0.3, 0.4) is 0 Å². The number of likely N-dealkylation sites (tertiary alicyclic amines) is 2. The van der Waals surface area contributed by atoms with E-state index >= 15 is 0 Å². The molecule has 2 heterocycles. The fourth-order valence-electron chi connectivity index (χ4n) is 6.11. The van der Waals surface area contributed by atoms with Gasteiger partial charge in [-0.25, -0.2) is 4.79 Å². The van der Waals surface area contributed by atoms with Gasteiger partial charge < -0.3 is 20.3 Å². The molecule has 3 amide bonds. The molecule has 2 aliphatic rings. The van der Waals surface area contributed by atoms with E-state index in [0.29, 0.717) is 18.7 Å². The van der Waals surface area contributed by atoms with Gasteiger partial charge in [-0.3, -0.25) is 19.8 Å². The molecule has 0 saturated carbocycles. The Morgan fingerprint density at radius 3 is 2.32 bits per heavy atom. The first-order valence-corrected chi connectivity index (χ1v) is 15.6. The molecule has 3 N–H and O–H groups in total. The fraction of sp³-hybridized carbons (Fsp3) is 0.400. The van der Waals surface area contributed by atoms with Crippen LogP contribution in [-0.4, -0.2) is 84.5 Å². The zero-order chi connectivity index (χ0) is 30.9. The number of rotatable bonds is 10. The predicted molar refractivity (Wildman–Crippen MR) is 172 cm³/mol. The molecule has 232 valence electrons. The molecule has 9 heteroatoms. The SMILES string of the molecule is CN(CCN1CCC(OC(=O)Nc2ccccc2-c2ccccc2)CC1)C(=O)c1ccc(CN2CCCCC2C(N)=O)cc1. The molecular weight excluding hydrogens is 554 g/mol. The van der Waals surface area contributed by atoms with Crippen molar-refractivity contribution in [1.82, 2.24) is 14.7 Å². The number of piperidine rings is 2. The van der Waals surface area contributed by atoms with Gasteiger partial charge in [0, 0.05) is 50.9 Å². The number of ether oxygens (including phenoxy) is 1. The Bertz CT molecular complexity index is 1410. The number of anilines is 1. The van der Waals surface area contributed by atoms with Crippen LogP contribution in [-0.2, 0) is 16.1 Å². The van der Waals surface area contributed by atoms with E-state index in [1.807, 2.05) is 85.9 Å². The Balaban J connectivity index is 1.03. The minimum Gasteiger partial charge on any atom is -0.446 e. The monoisotopic (exact) mass is 597 g/mol. The summed E-state index contributed by atoms with van der Waals surface area (Å²) < 4.78 is 5.76. The number of primary amides is 1. The average Bonchev–Trinajstić information content (AvgIpc) is 3.05. The summed E-state index contributed by atoms with van der Waals surface area (Å²) in [6, 6.07) is 25.1. The van der Waals surface area contributed by atoms with Crippen molar-refractivity contribution in [3.63, 3.8) is 0 Å². The van der Waals surface area contributed by atoms with E-state index in [1.165, 1.54) is 0 Å². The Morgan fingerprint density at radius 1 is 0.886 bits per heavy atom. The lowest BCUT2D eigenvalue weighted by Crippen LogP contribution is -2.47. The molecule has 0 spiro atoms. The van der Waals surface area contributed by atoms with Crippen LogP contribution in [0.4, 0.5) is 10.5 Å². The number of benzene rings is 3. The van der Waals surface area contributed by atoms with E-state index in [-0.39, 0.29) is 24.0 Å². The van der Waals surface area contributed by atoms with Gasteiger partial charge in [-0.15, -0.1) is 0 Å². The summed E-state index contributed by atoms with van der Waals surface area (Å²) in [5.74, 6) is -0.281. The van der Waals surface area contributed by atoms with Gasteiger partial charge in [0.25, 0.3) is 5.91 Å². The van der Waals surface area contributed by atoms with Gasteiger partial charge in [0.15, 0.2) is 0 Å². The Morgan fingerprint density at radius 2 is 1.59 bits per heavy atom. The highest BCUT2D eigenvalue weighted by Gasteiger charge is 2.27. The molecule has 0 radical (unpaired) electrons.